The molecule has 1 aromatic rings. The molecule has 0 aromatic heterocycles. The van der Waals surface area contributed by atoms with Crippen molar-refractivity contribution < 1.29 is 28.5 Å². The maximum Gasteiger partial charge on any atom is 0.303 e. The summed E-state index contributed by atoms with van der Waals surface area (Å²) in [6, 6.07) is 3.03. The molecule has 0 radical (unpaired) electrons. The smallest absolute Gasteiger partial charge is 0.303 e. The van der Waals surface area contributed by atoms with Crippen LogP contribution in [-0.2, 0) is 9.53 Å². The summed E-state index contributed by atoms with van der Waals surface area (Å²) in [5.74, 6) is 0.272. The standard InChI is InChI=1S/C13H16O6/c1-8(14)19-7-10(15)9-5-12(17-3)13(18-4)6-11(9)16-2/h5-6H,7H2,1-4H3. The summed E-state index contributed by atoms with van der Waals surface area (Å²) in [6.45, 7) is 0.889. The lowest BCUT2D eigenvalue weighted by Gasteiger charge is -2.13. The van der Waals surface area contributed by atoms with E-state index in [-0.39, 0.29) is 18.0 Å². The van der Waals surface area contributed by atoms with Crippen LogP contribution in [0.2, 0.25) is 0 Å². The second kappa shape index (κ2) is 6.63. The quantitative estimate of drug-likeness (QED) is 0.574. The third-order valence-electron chi connectivity index (χ3n) is 2.41. The minimum atomic E-state index is -0.521. The van der Waals surface area contributed by atoms with Gasteiger partial charge in [-0.2, -0.15) is 0 Å². The highest BCUT2D eigenvalue weighted by Crippen LogP contribution is 2.34. The summed E-state index contributed by atoms with van der Waals surface area (Å²) in [6.07, 6.45) is 0. The summed E-state index contributed by atoms with van der Waals surface area (Å²) in [5, 5.41) is 0. The number of Topliss-reactive ketones (excluding diaryl/α,β-unsaturated/α-hetero) is 1. The Hall–Kier alpha value is -2.24. The topological polar surface area (TPSA) is 71.1 Å². The largest absolute Gasteiger partial charge is 0.496 e. The highest BCUT2D eigenvalue weighted by atomic mass is 16.5. The Kier molecular flexibility index (Phi) is 5.17. The molecule has 1 rings (SSSR count). The van der Waals surface area contributed by atoms with Crippen molar-refractivity contribution in [1.29, 1.82) is 0 Å². The van der Waals surface area contributed by atoms with Gasteiger partial charge in [-0.25, -0.2) is 0 Å². The number of hydrogen-bond acceptors (Lipinski definition) is 6. The molecule has 1 aromatic carbocycles. The van der Waals surface area contributed by atoms with Crippen LogP contribution in [0.3, 0.4) is 0 Å². The lowest BCUT2D eigenvalue weighted by Crippen LogP contribution is -2.13. The first kappa shape index (κ1) is 14.8. The van der Waals surface area contributed by atoms with Crippen LogP contribution in [0.4, 0.5) is 0 Å². The molecule has 0 amide bonds. The molecule has 104 valence electrons. The molecule has 19 heavy (non-hydrogen) atoms. The van der Waals surface area contributed by atoms with Crippen molar-refractivity contribution in [1.82, 2.24) is 0 Å². The highest BCUT2D eigenvalue weighted by Gasteiger charge is 2.18. The fourth-order valence-electron chi connectivity index (χ4n) is 1.49. The van der Waals surface area contributed by atoms with Crippen LogP contribution in [-0.4, -0.2) is 39.7 Å². The monoisotopic (exact) mass is 268 g/mol. The molecule has 0 fully saturated rings. The first-order chi connectivity index (χ1) is 9.03. The number of ether oxygens (including phenoxy) is 4. The molecule has 0 saturated heterocycles. The predicted octanol–water partition coefficient (Wildman–Crippen LogP) is 1.46. The minimum Gasteiger partial charge on any atom is -0.496 e. The first-order valence-corrected chi connectivity index (χ1v) is 5.50. The molecule has 0 aliphatic carbocycles. The van der Waals surface area contributed by atoms with Crippen molar-refractivity contribution in [2.45, 2.75) is 6.92 Å². The van der Waals surface area contributed by atoms with Crippen molar-refractivity contribution in [2.24, 2.45) is 0 Å². The maximum absolute atomic E-state index is 11.9. The average molecular weight is 268 g/mol. The Morgan fingerprint density at radius 3 is 1.95 bits per heavy atom. The molecule has 0 aliphatic rings. The van der Waals surface area contributed by atoms with Gasteiger partial charge in [0.2, 0.25) is 5.78 Å². The summed E-state index contributed by atoms with van der Waals surface area (Å²) in [7, 11) is 4.38. The van der Waals surface area contributed by atoms with E-state index in [9.17, 15) is 9.59 Å². The van der Waals surface area contributed by atoms with Crippen molar-refractivity contribution in [3.63, 3.8) is 0 Å². The minimum absolute atomic E-state index is 0.265. The fraction of sp³-hybridized carbons (Fsp3) is 0.385. The van der Waals surface area contributed by atoms with Gasteiger partial charge in [-0.1, -0.05) is 0 Å². The van der Waals surface area contributed by atoms with Gasteiger partial charge in [0.1, 0.15) is 5.75 Å². The molecule has 0 spiro atoms. The van der Waals surface area contributed by atoms with E-state index >= 15 is 0 Å². The Labute approximate surface area is 111 Å². The van der Waals surface area contributed by atoms with Gasteiger partial charge in [-0.3, -0.25) is 9.59 Å². The van der Waals surface area contributed by atoms with E-state index in [4.69, 9.17) is 14.2 Å². The third-order valence-corrected chi connectivity index (χ3v) is 2.41. The van der Waals surface area contributed by atoms with Gasteiger partial charge in [-0.05, 0) is 6.07 Å². The molecule has 0 atom stereocenters. The fourth-order valence-corrected chi connectivity index (χ4v) is 1.49. The van der Waals surface area contributed by atoms with Crippen LogP contribution in [0.1, 0.15) is 17.3 Å². The van der Waals surface area contributed by atoms with E-state index in [0.717, 1.165) is 0 Å². The van der Waals surface area contributed by atoms with Gasteiger partial charge >= 0.3 is 5.97 Å². The van der Waals surface area contributed by atoms with Crippen LogP contribution in [0.25, 0.3) is 0 Å². The van der Waals surface area contributed by atoms with E-state index < -0.39 is 5.97 Å². The Balaban J connectivity index is 3.10. The van der Waals surface area contributed by atoms with Crippen LogP contribution in [0, 0.1) is 0 Å². The Morgan fingerprint density at radius 1 is 0.947 bits per heavy atom. The summed E-state index contributed by atoms with van der Waals surface area (Å²) in [4.78, 5) is 22.7. The van der Waals surface area contributed by atoms with Crippen molar-refractivity contribution in [3.8, 4) is 17.2 Å². The Morgan fingerprint density at radius 2 is 1.47 bits per heavy atom. The number of carbonyl (C=O) groups excluding carboxylic acids is 2. The molecule has 0 unspecified atom stereocenters. The van der Waals surface area contributed by atoms with Crippen LogP contribution in [0.5, 0.6) is 17.2 Å². The van der Waals surface area contributed by atoms with Gasteiger partial charge < -0.3 is 18.9 Å². The van der Waals surface area contributed by atoms with E-state index in [0.29, 0.717) is 17.2 Å². The number of methoxy groups -OCH3 is 3. The average Bonchev–Trinajstić information content (AvgIpc) is 2.42. The molecule has 0 N–H and O–H groups in total. The van der Waals surface area contributed by atoms with E-state index in [1.807, 2.05) is 0 Å². The predicted molar refractivity (Wildman–Crippen MR) is 67.1 cm³/mol. The molecular weight excluding hydrogens is 252 g/mol. The number of carbonyl (C=O) groups is 2. The lowest BCUT2D eigenvalue weighted by atomic mass is 10.1. The van der Waals surface area contributed by atoms with E-state index in [1.165, 1.54) is 34.3 Å². The summed E-state index contributed by atoms with van der Waals surface area (Å²) in [5.41, 5.74) is 0.265. The first-order valence-electron chi connectivity index (χ1n) is 5.50. The molecule has 0 bridgehead atoms. The van der Waals surface area contributed by atoms with Crippen LogP contribution >= 0.6 is 0 Å². The second-order valence-electron chi connectivity index (χ2n) is 3.61. The normalized spacial score (nSPS) is 9.68. The summed E-state index contributed by atoms with van der Waals surface area (Å²) >= 11 is 0. The van der Waals surface area contributed by atoms with Gasteiger partial charge in [0.25, 0.3) is 0 Å². The number of benzene rings is 1. The molecule has 0 saturated carbocycles. The zero-order valence-corrected chi connectivity index (χ0v) is 11.3. The number of hydrogen-bond donors (Lipinski definition) is 0. The van der Waals surface area contributed by atoms with Gasteiger partial charge in [0.05, 0.1) is 26.9 Å². The third kappa shape index (κ3) is 3.61. The van der Waals surface area contributed by atoms with Gasteiger partial charge in [-0.15, -0.1) is 0 Å². The SMILES string of the molecule is COc1cc(OC)c(C(=O)COC(C)=O)cc1OC. The highest BCUT2D eigenvalue weighted by molar-refractivity contribution is 6.01. The second-order valence-corrected chi connectivity index (χ2v) is 3.61. The van der Waals surface area contributed by atoms with E-state index in [1.54, 1.807) is 6.07 Å². The zero-order chi connectivity index (χ0) is 14.4. The maximum atomic E-state index is 11.9. The zero-order valence-electron chi connectivity index (χ0n) is 11.3. The number of rotatable bonds is 6. The van der Waals surface area contributed by atoms with Crippen molar-refractivity contribution in [2.75, 3.05) is 27.9 Å². The van der Waals surface area contributed by atoms with Gasteiger partial charge in [0, 0.05) is 13.0 Å². The van der Waals surface area contributed by atoms with Crippen LogP contribution < -0.4 is 14.2 Å². The van der Waals surface area contributed by atoms with Crippen LogP contribution in [0.15, 0.2) is 12.1 Å². The lowest BCUT2D eigenvalue weighted by molar-refractivity contribution is -0.139. The van der Waals surface area contributed by atoms with Crippen molar-refractivity contribution in [3.05, 3.63) is 17.7 Å². The molecule has 6 nitrogen and oxygen atoms in total. The Bertz CT molecular complexity index is 480. The molecular formula is C13H16O6. The molecule has 6 heteroatoms. The molecule has 0 aliphatic heterocycles. The number of ketones is 1. The summed E-state index contributed by atoms with van der Waals surface area (Å²) < 4.78 is 20.0. The number of esters is 1. The van der Waals surface area contributed by atoms with Gasteiger partial charge in [0.15, 0.2) is 18.1 Å². The molecule has 0 heterocycles. The van der Waals surface area contributed by atoms with E-state index in [2.05, 4.69) is 4.74 Å². The van der Waals surface area contributed by atoms with Crippen molar-refractivity contribution >= 4 is 11.8 Å².